The van der Waals surface area contributed by atoms with E-state index in [9.17, 15) is 13.2 Å². The molecule has 0 unspecified atom stereocenters. The third-order valence-corrected chi connectivity index (χ3v) is 5.91. The summed E-state index contributed by atoms with van der Waals surface area (Å²) >= 11 is 0. The summed E-state index contributed by atoms with van der Waals surface area (Å²) in [5.74, 6) is 1.07. The number of likely N-dealkylation sites (tertiary alicyclic amines) is 1. The lowest BCUT2D eigenvalue weighted by atomic mass is 9.79. The summed E-state index contributed by atoms with van der Waals surface area (Å²) in [6.07, 6.45) is 3.18. The minimum Gasteiger partial charge on any atom is -0.341 e. The van der Waals surface area contributed by atoms with Gasteiger partial charge in [0.25, 0.3) is 0 Å². The van der Waals surface area contributed by atoms with E-state index in [0.717, 1.165) is 25.9 Å². The number of hydrogen-bond donors (Lipinski definition) is 0. The normalized spacial score (nSPS) is 34.7. The zero-order chi connectivity index (χ0) is 13.1. The summed E-state index contributed by atoms with van der Waals surface area (Å²) in [5, 5.41) is 0. The van der Waals surface area contributed by atoms with Crippen molar-refractivity contribution in [2.75, 3.05) is 32.4 Å². The van der Waals surface area contributed by atoms with Gasteiger partial charge in [-0.05, 0) is 18.8 Å². The Morgan fingerprint density at radius 2 is 1.89 bits per heavy atom. The van der Waals surface area contributed by atoms with Gasteiger partial charge in [-0.3, -0.25) is 4.79 Å². The van der Waals surface area contributed by atoms with Crippen LogP contribution in [0, 0.1) is 17.3 Å². The molecule has 3 rings (SSSR count). The van der Waals surface area contributed by atoms with E-state index in [-0.39, 0.29) is 17.2 Å². The third-order valence-electron chi connectivity index (χ3n) is 4.66. The lowest BCUT2D eigenvalue weighted by Crippen LogP contribution is -2.60. The largest absolute Gasteiger partial charge is 0.341 e. The van der Waals surface area contributed by atoms with Crippen molar-refractivity contribution in [1.82, 2.24) is 9.21 Å². The summed E-state index contributed by atoms with van der Waals surface area (Å²) in [6.45, 7) is 4.82. The maximum Gasteiger partial charge on any atom is 0.226 e. The van der Waals surface area contributed by atoms with Crippen LogP contribution in [0.3, 0.4) is 0 Å². The molecule has 0 aromatic carbocycles. The fraction of sp³-hybridized carbons (Fsp3) is 0.917. The van der Waals surface area contributed by atoms with Crippen molar-refractivity contribution in [2.45, 2.75) is 19.8 Å². The van der Waals surface area contributed by atoms with Crippen LogP contribution in [0.25, 0.3) is 0 Å². The number of nitrogens with zero attached hydrogens (tertiary/aromatic N) is 2. The van der Waals surface area contributed by atoms with Crippen LogP contribution < -0.4 is 0 Å². The van der Waals surface area contributed by atoms with Gasteiger partial charge in [0.2, 0.25) is 15.9 Å². The van der Waals surface area contributed by atoms with E-state index < -0.39 is 10.0 Å². The van der Waals surface area contributed by atoms with Crippen molar-refractivity contribution in [3.8, 4) is 0 Å². The molecule has 6 heteroatoms. The second kappa shape index (κ2) is 3.70. The number of sulfonamides is 1. The molecule has 3 fully saturated rings. The molecule has 0 aromatic rings. The minimum atomic E-state index is -3.07. The predicted molar refractivity (Wildman–Crippen MR) is 67.3 cm³/mol. The number of amides is 1. The third kappa shape index (κ3) is 1.95. The Morgan fingerprint density at radius 3 is 2.33 bits per heavy atom. The van der Waals surface area contributed by atoms with Crippen LogP contribution in [-0.2, 0) is 14.8 Å². The molecule has 18 heavy (non-hydrogen) atoms. The fourth-order valence-corrected chi connectivity index (χ4v) is 4.19. The van der Waals surface area contributed by atoms with Gasteiger partial charge in [0.1, 0.15) is 0 Å². The standard InChI is InChI=1S/C12H20N2O3S/c1-9-5-10(9)11(15)13-6-12(7-13)3-4-14(8-12)18(2,16)17/h9-10H,3-8H2,1-2H3/t9-,10+/m1/s1. The zero-order valence-corrected chi connectivity index (χ0v) is 11.7. The maximum absolute atomic E-state index is 12.0. The summed E-state index contributed by atoms with van der Waals surface area (Å²) in [4.78, 5) is 13.9. The topological polar surface area (TPSA) is 57.7 Å². The molecule has 1 saturated carbocycles. The highest BCUT2D eigenvalue weighted by Crippen LogP contribution is 2.45. The molecule has 5 nitrogen and oxygen atoms in total. The van der Waals surface area contributed by atoms with Crippen LogP contribution >= 0.6 is 0 Å². The fourth-order valence-electron chi connectivity index (χ4n) is 3.26. The first-order chi connectivity index (χ1) is 8.31. The summed E-state index contributed by atoms with van der Waals surface area (Å²) in [5.41, 5.74) is 0.0524. The van der Waals surface area contributed by atoms with E-state index >= 15 is 0 Å². The number of carbonyl (C=O) groups excluding carboxylic acids is 1. The second-order valence-corrected chi connectivity index (χ2v) is 8.34. The first-order valence-electron chi connectivity index (χ1n) is 6.55. The summed E-state index contributed by atoms with van der Waals surface area (Å²) in [6, 6.07) is 0. The lowest BCUT2D eigenvalue weighted by Gasteiger charge is -2.48. The van der Waals surface area contributed by atoms with Gasteiger partial charge in [-0.2, -0.15) is 0 Å². The highest BCUT2D eigenvalue weighted by molar-refractivity contribution is 7.88. The highest BCUT2D eigenvalue weighted by Gasteiger charge is 2.53. The van der Waals surface area contributed by atoms with Gasteiger partial charge in [-0.15, -0.1) is 0 Å². The molecule has 2 atom stereocenters. The number of rotatable bonds is 2. The molecule has 2 saturated heterocycles. The van der Waals surface area contributed by atoms with Gasteiger partial charge in [-0.25, -0.2) is 12.7 Å². The van der Waals surface area contributed by atoms with Crippen molar-refractivity contribution in [3.63, 3.8) is 0 Å². The minimum absolute atomic E-state index is 0.0524. The molecule has 1 spiro atoms. The number of hydrogen-bond acceptors (Lipinski definition) is 3. The van der Waals surface area contributed by atoms with E-state index in [2.05, 4.69) is 6.92 Å². The second-order valence-electron chi connectivity index (χ2n) is 6.36. The molecule has 1 aliphatic carbocycles. The van der Waals surface area contributed by atoms with Crippen LogP contribution in [0.1, 0.15) is 19.8 Å². The van der Waals surface area contributed by atoms with E-state index in [1.807, 2.05) is 4.90 Å². The average Bonchev–Trinajstić information content (AvgIpc) is 2.78. The Kier molecular flexibility index (Phi) is 2.55. The van der Waals surface area contributed by atoms with Gasteiger partial charge in [-0.1, -0.05) is 6.92 Å². The van der Waals surface area contributed by atoms with Gasteiger partial charge in [0.15, 0.2) is 0 Å². The van der Waals surface area contributed by atoms with E-state index in [0.29, 0.717) is 19.0 Å². The van der Waals surface area contributed by atoms with Crippen molar-refractivity contribution < 1.29 is 13.2 Å². The van der Waals surface area contributed by atoms with E-state index in [1.54, 1.807) is 4.31 Å². The van der Waals surface area contributed by atoms with Gasteiger partial charge in [0, 0.05) is 37.5 Å². The van der Waals surface area contributed by atoms with Crippen LogP contribution in [0.5, 0.6) is 0 Å². The monoisotopic (exact) mass is 272 g/mol. The molecule has 0 N–H and O–H groups in total. The first-order valence-corrected chi connectivity index (χ1v) is 8.40. The Bertz CT molecular complexity index is 482. The Hall–Kier alpha value is -0.620. The molecule has 102 valence electrons. The van der Waals surface area contributed by atoms with Crippen LogP contribution in [0.15, 0.2) is 0 Å². The Balaban J connectivity index is 1.57. The summed E-state index contributed by atoms with van der Waals surface area (Å²) < 4.78 is 24.5. The highest BCUT2D eigenvalue weighted by atomic mass is 32.2. The van der Waals surface area contributed by atoms with Gasteiger partial charge < -0.3 is 4.90 Å². The van der Waals surface area contributed by atoms with Crippen LogP contribution in [-0.4, -0.2) is 56.0 Å². The maximum atomic E-state index is 12.0. The molecule has 3 aliphatic rings. The van der Waals surface area contributed by atoms with Gasteiger partial charge >= 0.3 is 0 Å². The lowest BCUT2D eigenvalue weighted by molar-refractivity contribution is -0.144. The van der Waals surface area contributed by atoms with E-state index in [4.69, 9.17) is 0 Å². The molecule has 2 heterocycles. The molecule has 0 radical (unpaired) electrons. The molecule has 0 aromatic heterocycles. The number of carbonyl (C=O) groups is 1. The van der Waals surface area contributed by atoms with Crippen LogP contribution in [0.4, 0.5) is 0 Å². The molecular formula is C12H20N2O3S. The van der Waals surface area contributed by atoms with Crippen LogP contribution in [0.2, 0.25) is 0 Å². The van der Waals surface area contributed by atoms with Crippen molar-refractivity contribution >= 4 is 15.9 Å². The average molecular weight is 272 g/mol. The first kappa shape index (κ1) is 12.4. The Labute approximate surface area is 108 Å². The predicted octanol–water partition coefficient (Wildman–Crippen LogP) is 0.136. The molecule has 0 bridgehead atoms. The SMILES string of the molecule is C[C@@H]1C[C@@H]1C(=O)N1CC2(CCN(S(C)(=O)=O)C2)C1. The Morgan fingerprint density at radius 1 is 1.28 bits per heavy atom. The van der Waals surface area contributed by atoms with Gasteiger partial charge in [0.05, 0.1) is 6.26 Å². The molecule has 1 amide bonds. The quantitative estimate of drug-likeness (QED) is 0.718. The summed E-state index contributed by atoms with van der Waals surface area (Å²) in [7, 11) is -3.07. The van der Waals surface area contributed by atoms with E-state index in [1.165, 1.54) is 6.26 Å². The van der Waals surface area contributed by atoms with Crippen molar-refractivity contribution in [2.24, 2.45) is 17.3 Å². The smallest absolute Gasteiger partial charge is 0.226 e. The van der Waals surface area contributed by atoms with Crippen molar-refractivity contribution in [3.05, 3.63) is 0 Å². The van der Waals surface area contributed by atoms with Crippen molar-refractivity contribution in [1.29, 1.82) is 0 Å². The molecular weight excluding hydrogens is 252 g/mol. The zero-order valence-electron chi connectivity index (χ0n) is 10.9. The molecule has 2 aliphatic heterocycles.